The third kappa shape index (κ3) is 2.98. The van der Waals surface area contributed by atoms with Crippen LogP contribution < -0.4 is 5.32 Å². The summed E-state index contributed by atoms with van der Waals surface area (Å²) in [5.74, 6) is 1.82. The van der Waals surface area contributed by atoms with Gasteiger partial charge >= 0.3 is 0 Å². The first kappa shape index (κ1) is 11.5. The zero-order valence-electron chi connectivity index (χ0n) is 9.55. The van der Waals surface area contributed by atoms with Gasteiger partial charge in [-0.25, -0.2) is 0 Å². The normalized spacial score (nSPS) is 19.0. The van der Waals surface area contributed by atoms with Crippen molar-refractivity contribution in [3.8, 4) is 0 Å². The Labute approximate surface area is 86.9 Å². The summed E-state index contributed by atoms with van der Waals surface area (Å²) < 4.78 is 0. The summed E-state index contributed by atoms with van der Waals surface area (Å²) in [6, 6.07) is 0. The van der Waals surface area contributed by atoms with E-state index in [1.165, 1.54) is 12.8 Å². The molecule has 1 aliphatic rings. The highest BCUT2D eigenvalue weighted by atomic mass is 16.2. The second-order valence-corrected chi connectivity index (χ2v) is 4.49. The van der Waals surface area contributed by atoms with Crippen molar-refractivity contribution < 1.29 is 4.79 Å². The Morgan fingerprint density at radius 1 is 1.43 bits per heavy atom. The summed E-state index contributed by atoms with van der Waals surface area (Å²) >= 11 is 0. The Morgan fingerprint density at radius 2 is 2.00 bits per heavy atom. The van der Waals surface area contributed by atoms with Crippen molar-refractivity contribution in [1.29, 1.82) is 0 Å². The average molecular weight is 198 g/mol. The first-order chi connectivity index (χ1) is 6.65. The fraction of sp³-hybridized carbons (Fsp3) is 0.909. The van der Waals surface area contributed by atoms with Crippen LogP contribution in [0.1, 0.15) is 26.7 Å². The van der Waals surface area contributed by atoms with Gasteiger partial charge in [-0.3, -0.25) is 4.79 Å². The number of carbonyl (C=O) groups excluding carboxylic acids is 1. The molecule has 0 atom stereocenters. The Bertz CT molecular complexity index is 184. The van der Waals surface area contributed by atoms with Gasteiger partial charge in [0.05, 0.1) is 6.54 Å². The molecular formula is C11H22N2O. The minimum Gasteiger partial charge on any atom is -0.342 e. The highest BCUT2D eigenvalue weighted by Crippen LogP contribution is 2.24. The van der Waals surface area contributed by atoms with Crippen LogP contribution in [0.15, 0.2) is 0 Å². The maximum absolute atomic E-state index is 11.5. The van der Waals surface area contributed by atoms with Gasteiger partial charge in [-0.2, -0.15) is 0 Å². The molecule has 0 saturated carbocycles. The van der Waals surface area contributed by atoms with Crippen LogP contribution in [0.5, 0.6) is 0 Å². The van der Waals surface area contributed by atoms with E-state index in [0.717, 1.165) is 24.9 Å². The molecule has 82 valence electrons. The van der Waals surface area contributed by atoms with Crippen LogP contribution in [0.25, 0.3) is 0 Å². The van der Waals surface area contributed by atoms with Gasteiger partial charge in [0.15, 0.2) is 0 Å². The summed E-state index contributed by atoms with van der Waals surface area (Å²) in [4.78, 5) is 13.5. The van der Waals surface area contributed by atoms with Gasteiger partial charge in [0.2, 0.25) is 5.91 Å². The predicted octanol–water partition coefficient (Wildman–Crippen LogP) is 1.10. The highest BCUT2D eigenvalue weighted by Gasteiger charge is 2.23. The molecule has 0 unspecified atom stereocenters. The minimum atomic E-state index is 0.245. The lowest BCUT2D eigenvalue weighted by molar-refractivity contribution is -0.131. The molecule has 1 aliphatic heterocycles. The summed E-state index contributed by atoms with van der Waals surface area (Å²) in [5.41, 5.74) is 0. The largest absolute Gasteiger partial charge is 0.342 e. The van der Waals surface area contributed by atoms with Gasteiger partial charge < -0.3 is 10.2 Å². The van der Waals surface area contributed by atoms with Gasteiger partial charge in [0.1, 0.15) is 0 Å². The van der Waals surface area contributed by atoms with E-state index in [-0.39, 0.29) is 5.91 Å². The lowest BCUT2D eigenvalue weighted by Crippen LogP contribution is -2.43. The number of nitrogens with one attached hydrogen (secondary N) is 1. The lowest BCUT2D eigenvalue weighted by atomic mass is 9.87. The second kappa shape index (κ2) is 5.35. The van der Waals surface area contributed by atoms with Crippen molar-refractivity contribution in [3.05, 3.63) is 0 Å². The maximum Gasteiger partial charge on any atom is 0.236 e. The predicted molar refractivity (Wildman–Crippen MR) is 58.1 cm³/mol. The van der Waals surface area contributed by atoms with E-state index in [1.807, 2.05) is 11.9 Å². The van der Waals surface area contributed by atoms with Gasteiger partial charge in [-0.15, -0.1) is 0 Å². The van der Waals surface area contributed by atoms with E-state index in [0.29, 0.717) is 6.54 Å². The standard InChI is InChI=1S/C11H22N2O/c1-9(2)10-4-6-13(7-5-10)11(14)8-12-3/h9-10,12H,4-8H2,1-3H3. The number of likely N-dealkylation sites (N-methyl/N-ethyl adjacent to an activating group) is 1. The molecule has 1 heterocycles. The third-order valence-corrected chi connectivity index (χ3v) is 3.16. The molecule has 0 aromatic carbocycles. The molecule has 0 radical (unpaired) electrons. The van der Waals surface area contributed by atoms with Crippen LogP contribution in [0.2, 0.25) is 0 Å². The molecule has 1 rings (SSSR count). The van der Waals surface area contributed by atoms with Crippen molar-refractivity contribution >= 4 is 5.91 Å². The molecule has 0 aliphatic carbocycles. The van der Waals surface area contributed by atoms with Gasteiger partial charge in [-0.05, 0) is 31.7 Å². The van der Waals surface area contributed by atoms with E-state index in [1.54, 1.807) is 0 Å². The fourth-order valence-electron chi connectivity index (χ4n) is 2.08. The van der Waals surface area contributed by atoms with Crippen LogP contribution in [0, 0.1) is 11.8 Å². The molecule has 0 spiro atoms. The quantitative estimate of drug-likeness (QED) is 0.736. The topological polar surface area (TPSA) is 32.3 Å². The Morgan fingerprint density at radius 3 is 2.43 bits per heavy atom. The van der Waals surface area contributed by atoms with Crippen LogP contribution in [0.4, 0.5) is 0 Å². The van der Waals surface area contributed by atoms with E-state index < -0.39 is 0 Å². The highest BCUT2D eigenvalue weighted by molar-refractivity contribution is 5.78. The summed E-state index contributed by atoms with van der Waals surface area (Å²) in [6.07, 6.45) is 2.35. The SMILES string of the molecule is CNCC(=O)N1CCC(C(C)C)CC1. The summed E-state index contributed by atoms with van der Waals surface area (Å²) in [7, 11) is 1.82. The molecule has 1 fully saturated rings. The number of likely N-dealkylation sites (tertiary alicyclic amines) is 1. The van der Waals surface area contributed by atoms with Crippen LogP contribution in [0.3, 0.4) is 0 Å². The number of amides is 1. The number of rotatable bonds is 3. The van der Waals surface area contributed by atoms with Crippen LogP contribution in [-0.2, 0) is 4.79 Å². The molecule has 14 heavy (non-hydrogen) atoms. The van der Waals surface area contributed by atoms with Crippen molar-refractivity contribution in [2.24, 2.45) is 11.8 Å². The summed E-state index contributed by atoms with van der Waals surface area (Å²) in [5, 5.41) is 2.91. The Balaban J connectivity index is 2.31. The molecule has 3 nitrogen and oxygen atoms in total. The van der Waals surface area contributed by atoms with E-state index >= 15 is 0 Å². The molecule has 0 bridgehead atoms. The molecular weight excluding hydrogens is 176 g/mol. The molecule has 0 aromatic heterocycles. The van der Waals surface area contributed by atoms with Crippen molar-refractivity contribution in [1.82, 2.24) is 10.2 Å². The van der Waals surface area contributed by atoms with E-state index in [4.69, 9.17) is 0 Å². The molecule has 1 amide bonds. The number of carbonyl (C=O) groups is 1. The van der Waals surface area contributed by atoms with Gasteiger partial charge in [0, 0.05) is 13.1 Å². The molecule has 1 N–H and O–H groups in total. The van der Waals surface area contributed by atoms with Gasteiger partial charge in [-0.1, -0.05) is 13.8 Å². The first-order valence-corrected chi connectivity index (χ1v) is 5.57. The smallest absolute Gasteiger partial charge is 0.236 e. The van der Waals surface area contributed by atoms with Crippen LogP contribution >= 0.6 is 0 Å². The first-order valence-electron chi connectivity index (χ1n) is 5.57. The fourth-order valence-corrected chi connectivity index (χ4v) is 2.08. The summed E-state index contributed by atoms with van der Waals surface area (Å²) in [6.45, 7) is 6.92. The van der Waals surface area contributed by atoms with E-state index in [2.05, 4.69) is 19.2 Å². The Kier molecular flexibility index (Phi) is 4.39. The number of piperidine rings is 1. The van der Waals surface area contributed by atoms with Crippen LogP contribution in [-0.4, -0.2) is 37.5 Å². The van der Waals surface area contributed by atoms with Crippen molar-refractivity contribution in [3.63, 3.8) is 0 Å². The van der Waals surface area contributed by atoms with Gasteiger partial charge in [0.25, 0.3) is 0 Å². The molecule has 0 aromatic rings. The molecule has 3 heteroatoms. The number of hydrogen-bond acceptors (Lipinski definition) is 2. The minimum absolute atomic E-state index is 0.245. The average Bonchev–Trinajstić information content (AvgIpc) is 2.18. The number of nitrogens with zero attached hydrogens (tertiary/aromatic N) is 1. The Hall–Kier alpha value is -0.570. The maximum atomic E-state index is 11.5. The molecule has 1 saturated heterocycles. The van der Waals surface area contributed by atoms with Crippen molar-refractivity contribution in [2.75, 3.05) is 26.7 Å². The third-order valence-electron chi connectivity index (χ3n) is 3.16. The second-order valence-electron chi connectivity index (χ2n) is 4.49. The monoisotopic (exact) mass is 198 g/mol. The lowest BCUT2D eigenvalue weighted by Gasteiger charge is -2.33. The zero-order valence-corrected chi connectivity index (χ0v) is 9.55. The zero-order chi connectivity index (χ0) is 10.6. The van der Waals surface area contributed by atoms with Crippen molar-refractivity contribution in [2.45, 2.75) is 26.7 Å². The number of hydrogen-bond donors (Lipinski definition) is 1. The van der Waals surface area contributed by atoms with E-state index in [9.17, 15) is 4.79 Å².